The number of ketones is 1. The molecule has 200 valence electrons. The van der Waals surface area contributed by atoms with Crippen LogP contribution in [0.15, 0.2) is 53.4 Å². The number of halogens is 3. The highest BCUT2D eigenvalue weighted by Gasteiger charge is 2.40. The average molecular weight is 538 g/mol. The standard InChI is InChI=1S/C27H30F3NO5S/c28-27(29,30)23-8-4-5-9-25(23)37(34,35)31-16-14-22(15-17-31)26(33)36-18-24(32)21-12-10-20(11-13-21)19-6-2-1-3-7-19/h4-5,8-13,19,22H,1-3,6-7,14-18H2. The van der Waals surface area contributed by atoms with Crippen molar-refractivity contribution in [2.45, 2.75) is 61.9 Å². The van der Waals surface area contributed by atoms with Crippen LogP contribution in [-0.4, -0.2) is 44.2 Å². The van der Waals surface area contributed by atoms with E-state index in [9.17, 15) is 31.2 Å². The summed E-state index contributed by atoms with van der Waals surface area (Å²) in [6.45, 7) is -0.658. The fourth-order valence-electron chi connectivity index (χ4n) is 5.11. The molecule has 0 aromatic heterocycles. The highest BCUT2D eigenvalue weighted by atomic mass is 32.2. The van der Waals surface area contributed by atoms with E-state index in [4.69, 9.17) is 4.74 Å². The molecule has 2 aliphatic rings. The second-order valence-corrected chi connectivity index (χ2v) is 11.6. The number of carbonyl (C=O) groups excluding carboxylic acids is 2. The Kier molecular flexibility index (Phi) is 8.38. The molecule has 1 heterocycles. The summed E-state index contributed by atoms with van der Waals surface area (Å²) >= 11 is 0. The summed E-state index contributed by atoms with van der Waals surface area (Å²) in [6, 6.07) is 11.5. The molecule has 1 saturated carbocycles. The van der Waals surface area contributed by atoms with E-state index in [0.29, 0.717) is 11.5 Å². The number of nitrogens with zero attached hydrogens (tertiary/aromatic N) is 1. The van der Waals surface area contributed by atoms with Gasteiger partial charge in [0.05, 0.1) is 16.4 Å². The van der Waals surface area contributed by atoms with Crippen LogP contribution in [-0.2, 0) is 25.7 Å². The van der Waals surface area contributed by atoms with Crippen LogP contribution in [0.2, 0.25) is 0 Å². The molecule has 0 atom stereocenters. The van der Waals surface area contributed by atoms with Gasteiger partial charge in [-0.15, -0.1) is 0 Å². The van der Waals surface area contributed by atoms with Crippen molar-refractivity contribution in [1.29, 1.82) is 0 Å². The number of carbonyl (C=O) groups is 2. The molecule has 1 saturated heterocycles. The Hall–Kier alpha value is -2.72. The van der Waals surface area contributed by atoms with E-state index in [1.807, 2.05) is 12.1 Å². The van der Waals surface area contributed by atoms with Crippen molar-refractivity contribution < 1.29 is 35.9 Å². The van der Waals surface area contributed by atoms with E-state index in [2.05, 4.69) is 0 Å². The zero-order valence-electron chi connectivity index (χ0n) is 20.4. The molecule has 1 aliphatic heterocycles. The van der Waals surface area contributed by atoms with Gasteiger partial charge in [0.1, 0.15) is 0 Å². The molecule has 4 rings (SSSR count). The molecule has 0 bridgehead atoms. The number of esters is 1. The number of rotatable bonds is 7. The van der Waals surface area contributed by atoms with Crippen LogP contribution in [0.3, 0.4) is 0 Å². The van der Waals surface area contributed by atoms with Gasteiger partial charge in [-0.05, 0) is 49.3 Å². The summed E-state index contributed by atoms with van der Waals surface area (Å²) in [6.07, 6.45) is 1.38. The van der Waals surface area contributed by atoms with E-state index < -0.39 is 45.2 Å². The SMILES string of the molecule is O=C(COC(=O)C1CCN(S(=O)(=O)c2ccccc2C(F)(F)F)CC1)c1ccc(C2CCCCC2)cc1. The first-order valence-corrected chi connectivity index (χ1v) is 14.0. The number of piperidine rings is 1. The Balaban J connectivity index is 1.29. The fourth-order valence-corrected chi connectivity index (χ4v) is 6.79. The van der Waals surface area contributed by atoms with Gasteiger partial charge in [-0.25, -0.2) is 8.42 Å². The third-order valence-corrected chi connectivity index (χ3v) is 9.21. The minimum absolute atomic E-state index is 0.0938. The van der Waals surface area contributed by atoms with Crippen molar-refractivity contribution in [3.8, 4) is 0 Å². The highest BCUT2D eigenvalue weighted by Crippen LogP contribution is 2.36. The molecule has 0 spiro atoms. The highest BCUT2D eigenvalue weighted by molar-refractivity contribution is 7.89. The van der Waals surface area contributed by atoms with Crippen LogP contribution in [0.1, 0.15) is 72.3 Å². The third-order valence-electron chi connectivity index (χ3n) is 7.25. The summed E-state index contributed by atoms with van der Waals surface area (Å²) in [4.78, 5) is 24.2. The first kappa shape index (κ1) is 27.3. The van der Waals surface area contributed by atoms with Crippen LogP contribution in [0.5, 0.6) is 0 Å². The minimum Gasteiger partial charge on any atom is -0.457 e. The van der Waals surface area contributed by atoms with Gasteiger partial charge in [0, 0.05) is 18.7 Å². The smallest absolute Gasteiger partial charge is 0.417 e. The van der Waals surface area contributed by atoms with Gasteiger partial charge in [0.25, 0.3) is 0 Å². The molecule has 1 aliphatic carbocycles. The topological polar surface area (TPSA) is 80.8 Å². The van der Waals surface area contributed by atoms with Gasteiger partial charge in [-0.1, -0.05) is 55.7 Å². The van der Waals surface area contributed by atoms with Gasteiger partial charge >= 0.3 is 12.1 Å². The number of sulfonamides is 1. The lowest BCUT2D eigenvalue weighted by atomic mass is 9.84. The van der Waals surface area contributed by atoms with Gasteiger partial charge < -0.3 is 4.74 Å². The summed E-state index contributed by atoms with van der Waals surface area (Å²) in [5.41, 5.74) is 0.450. The molecule has 10 heteroatoms. The molecule has 0 radical (unpaired) electrons. The Morgan fingerprint density at radius 1 is 0.892 bits per heavy atom. The zero-order valence-corrected chi connectivity index (χ0v) is 21.2. The number of ether oxygens (including phenoxy) is 1. The predicted molar refractivity (Wildman–Crippen MR) is 130 cm³/mol. The lowest BCUT2D eigenvalue weighted by Gasteiger charge is -2.30. The van der Waals surface area contributed by atoms with Crippen molar-refractivity contribution in [3.05, 3.63) is 65.2 Å². The number of alkyl halides is 3. The molecular weight excluding hydrogens is 507 g/mol. The number of hydrogen-bond acceptors (Lipinski definition) is 5. The summed E-state index contributed by atoms with van der Waals surface area (Å²) in [5.74, 6) is -1.05. The zero-order chi connectivity index (χ0) is 26.6. The molecule has 6 nitrogen and oxygen atoms in total. The van der Waals surface area contributed by atoms with Crippen LogP contribution in [0.25, 0.3) is 0 Å². The quantitative estimate of drug-likeness (QED) is 0.340. The Bertz CT molecular complexity index is 1210. The molecule has 0 N–H and O–H groups in total. The van der Waals surface area contributed by atoms with Crippen LogP contribution < -0.4 is 0 Å². The van der Waals surface area contributed by atoms with Gasteiger partial charge in [0.2, 0.25) is 10.0 Å². The maximum atomic E-state index is 13.3. The molecule has 37 heavy (non-hydrogen) atoms. The van der Waals surface area contributed by atoms with Gasteiger partial charge in [-0.3, -0.25) is 9.59 Å². The Morgan fingerprint density at radius 2 is 1.51 bits per heavy atom. The molecule has 2 aromatic rings. The lowest BCUT2D eigenvalue weighted by molar-refractivity contribution is -0.148. The maximum Gasteiger partial charge on any atom is 0.417 e. The largest absolute Gasteiger partial charge is 0.457 e. The monoisotopic (exact) mass is 537 g/mol. The van der Waals surface area contributed by atoms with E-state index in [1.54, 1.807) is 12.1 Å². The summed E-state index contributed by atoms with van der Waals surface area (Å²) in [7, 11) is -4.39. The van der Waals surface area contributed by atoms with E-state index in [-0.39, 0.29) is 31.7 Å². The lowest BCUT2D eigenvalue weighted by Crippen LogP contribution is -2.41. The molecule has 0 amide bonds. The summed E-state index contributed by atoms with van der Waals surface area (Å²) < 4.78 is 71.9. The predicted octanol–water partition coefficient (Wildman–Crippen LogP) is 5.58. The number of hydrogen-bond donors (Lipinski definition) is 0. The normalized spacial score (nSPS) is 18.5. The van der Waals surface area contributed by atoms with Crippen molar-refractivity contribution in [1.82, 2.24) is 4.31 Å². The number of benzene rings is 2. The molecule has 2 fully saturated rings. The second-order valence-electron chi connectivity index (χ2n) is 9.66. The minimum atomic E-state index is -4.81. The number of Topliss-reactive ketones (excluding diaryl/α,β-unsaturated/α-hetero) is 1. The van der Waals surface area contributed by atoms with Gasteiger partial charge in [-0.2, -0.15) is 17.5 Å². The van der Waals surface area contributed by atoms with Crippen molar-refractivity contribution >= 4 is 21.8 Å². The molecule has 0 unspecified atom stereocenters. The Labute approximate surface area is 214 Å². The fraction of sp³-hybridized carbons (Fsp3) is 0.481. The van der Waals surface area contributed by atoms with Gasteiger partial charge in [0.15, 0.2) is 12.4 Å². The van der Waals surface area contributed by atoms with E-state index in [0.717, 1.165) is 35.3 Å². The van der Waals surface area contributed by atoms with Crippen molar-refractivity contribution in [2.75, 3.05) is 19.7 Å². The van der Waals surface area contributed by atoms with Crippen molar-refractivity contribution in [2.24, 2.45) is 5.92 Å². The molecule has 2 aromatic carbocycles. The van der Waals surface area contributed by atoms with Crippen LogP contribution >= 0.6 is 0 Å². The average Bonchev–Trinajstić information content (AvgIpc) is 2.91. The van der Waals surface area contributed by atoms with E-state index in [1.165, 1.54) is 30.9 Å². The van der Waals surface area contributed by atoms with E-state index >= 15 is 0 Å². The summed E-state index contributed by atoms with van der Waals surface area (Å²) in [5, 5.41) is 0. The molecular formula is C27H30F3NO5S. The van der Waals surface area contributed by atoms with Crippen LogP contribution in [0.4, 0.5) is 13.2 Å². The first-order chi connectivity index (χ1) is 17.6. The van der Waals surface area contributed by atoms with Crippen LogP contribution in [0, 0.1) is 5.92 Å². The first-order valence-electron chi connectivity index (χ1n) is 12.5. The third kappa shape index (κ3) is 6.41. The Morgan fingerprint density at radius 3 is 2.14 bits per heavy atom. The maximum absolute atomic E-state index is 13.3. The van der Waals surface area contributed by atoms with Crippen molar-refractivity contribution in [3.63, 3.8) is 0 Å². The second kappa shape index (κ2) is 11.3.